The van der Waals surface area contributed by atoms with Gasteiger partial charge in [-0.25, -0.2) is 4.79 Å². The largest absolute Gasteiger partial charge is 0.481 e. The molecule has 0 aromatic rings. The Balaban J connectivity index is 2.10. The first-order valence-electron chi connectivity index (χ1n) is 6.85. The molecule has 8 nitrogen and oxygen atoms in total. The number of imide groups is 1. The van der Waals surface area contributed by atoms with Crippen LogP contribution >= 0.6 is 0 Å². The second-order valence-corrected chi connectivity index (χ2v) is 5.15. The Kier molecular flexibility index (Phi) is 4.59. The lowest BCUT2D eigenvalue weighted by Gasteiger charge is -2.30. The highest BCUT2D eigenvalue weighted by atomic mass is 16.4. The van der Waals surface area contributed by atoms with Crippen molar-refractivity contribution in [3.63, 3.8) is 0 Å². The van der Waals surface area contributed by atoms with Crippen molar-refractivity contribution in [2.75, 3.05) is 20.1 Å². The zero-order valence-electron chi connectivity index (χ0n) is 12.2. The van der Waals surface area contributed by atoms with Gasteiger partial charge in [-0.1, -0.05) is 12.2 Å². The van der Waals surface area contributed by atoms with Crippen molar-refractivity contribution in [2.45, 2.75) is 19.3 Å². The van der Waals surface area contributed by atoms with E-state index in [2.05, 4.69) is 5.32 Å². The van der Waals surface area contributed by atoms with Crippen molar-refractivity contribution in [2.24, 2.45) is 0 Å². The lowest BCUT2D eigenvalue weighted by Crippen LogP contribution is -2.57. The van der Waals surface area contributed by atoms with Gasteiger partial charge < -0.3 is 15.3 Å². The van der Waals surface area contributed by atoms with E-state index in [0.29, 0.717) is 24.1 Å². The number of amides is 4. The van der Waals surface area contributed by atoms with Crippen LogP contribution in [0.15, 0.2) is 23.4 Å². The van der Waals surface area contributed by atoms with Crippen molar-refractivity contribution >= 4 is 23.8 Å². The molecule has 1 saturated heterocycles. The maximum Gasteiger partial charge on any atom is 0.328 e. The molecule has 8 heteroatoms. The van der Waals surface area contributed by atoms with Crippen LogP contribution in [0.1, 0.15) is 19.3 Å². The van der Waals surface area contributed by atoms with Crippen molar-refractivity contribution < 1.29 is 24.3 Å². The van der Waals surface area contributed by atoms with Crippen molar-refractivity contribution in [1.82, 2.24) is 15.1 Å². The fraction of sp³-hybridized carbons (Fsp3) is 0.429. The summed E-state index contributed by atoms with van der Waals surface area (Å²) in [6.07, 6.45) is 4.31. The van der Waals surface area contributed by atoms with Gasteiger partial charge in [0.05, 0.1) is 6.42 Å². The first kappa shape index (κ1) is 15.7. The maximum absolute atomic E-state index is 12.2. The van der Waals surface area contributed by atoms with E-state index in [9.17, 15) is 19.2 Å². The number of urea groups is 1. The van der Waals surface area contributed by atoms with E-state index >= 15 is 0 Å². The number of likely N-dealkylation sites (N-methyl/N-ethyl adjacent to an activating group) is 1. The number of piperazine rings is 1. The fourth-order valence-electron chi connectivity index (χ4n) is 2.32. The fourth-order valence-corrected chi connectivity index (χ4v) is 2.32. The molecular weight excluding hydrogens is 290 g/mol. The molecule has 0 spiro atoms. The highest BCUT2D eigenvalue weighted by Gasteiger charge is 2.34. The number of carbonyl (C=O) groups is 4. The summed E-state index contributed by atoms with van der Waals surface area (Å²) in [7, 11) is 1.49. The molecule has 0 bridgehead atoms. The van der Waals surface area contributed by atoms with E-state index in [-0.39, 0.29) is 19.5 Å². The molecule has 0 saturated carbocycles. The molecule has 0 radical (unpaired) electrons. The molecule has 0 aromatic carbocycles. The highest BCUT2D eigenvalue weighted by Crippen LogP contribution is 2.21. The van der Waals surface area contributed by atoms with Gasteiger partial charge in [0.2, 0.25) is 0 Å². The predicted molar refractivity (Wildman–Crippen MR) is 75.5 cm³/mol. The Morgan fingerprint density at radius 1 is 1.18 bits per heavy atom. The third kappa shape index (κ3) is 3.33. The normalized spacial score (nSPS) is 18.8. The molecule has 0 unspecified atom stereocenters. The number of aliphatic carboxylic acids is 1. The lowest BCUT2D eigenvalue weighted by molar-refractivity contribution is -0.152. The number of hydrogen-bond donors (Lipinski definition) is 2. The van der Waals surface area contributed by atoms with Gasteiger partial charge in [0, 0.05) is 32.3 Å². The minimum Gasteiger partial charge on any atom is -0.481 e. The van der Waals surface area contributed by atoms with Gasteiger partial charge in [-0.15, -0.1) is 0 Å². The summed E-state index contributed by atoms with van der Waals surface area (Å²) >= 11 is 0. The monoisotopic (exact) mass is 307 g/mol. The van der Waals surface area contributed by atoms with Gasteiger partial charge in [0.1, 0.15) is 0 Å². The number of carbonyl (C=O) groups excluding carboxylic acids is 3. The topological polar surface area (TPSA) is 107 Å². The summed E-state index contributed by atoms with van der Waals surface area (Å²) in [4.78, 5) is 48.6. The van der Waals surface area contributed by atoms with E-state index in [0.717, 1.165) is 4.90 Å². The van der Waals surface area contributed by atoms with Crippen LogP contribution in [-0.4, -0.2) is 58.9 Å². The summed E-state index contributed by atoms with van der Waals surface area (Å²) in [6, 6.07) is -0.695. The van der Waals surface area contributed by atoms with Gasteiger partial charge in [-0.2, -0.15) is 0 Å². The molecule has 2 rings (SSSR count). The van der Waals surface area contributed by atoms with Crippen molar-refractivity contribution in [3.05, 3.63) is 23.4 Å². The molecule has 0 aromatic heterocycles. The Hall–Kier alpha value is -2.64. The average molecular weight is 307 g/mol. The number of hydrogen-bond acceptors (Lipinski definition) is 4. The van der Waals surface area contributed by atoms with Crippen LogP contribution in [0.4, 0.5) is 4.79 Å². The van der Waals surface area contributed by atoms with E-state index in [4.69, 9.17) is 5.11 Å². The molecule has 0 atom stereocenters. The van der Waals surface area contributed by atoms with Crippen molar-refractivity contribution in [3.8, 4) is 0 Å². The minimum absolute atomic E-state index is 0.115. The number of allylic oxidation sites excluding steroid dienone is 2. The number of carboxylic acids is 1. The predicted octanol–water partition coefficient (Wildman–Crippen LogP) is 0.0754. The molecule has 1 fully saturated rings. The molecule has 22 heavy (non-hydrogen) atoms. The first-order chi connectivity index (χ1) is 10.4. The summed E-state index contributed by atoms with van der Waals surface area (Å²) < 4.78 is 0. The van der Waals surface area contributed by atoms with E-state index in [1.54, 1.807) is 0 Å². The maximum atomic E-state index is 12.2. The van der Waals surface area contributed by atoms with E-state index in [1.807, 2.05) is 12.2 Å². The molecule has 2 aliphatic rings. The molecule has 1 heterocycles. The van der Waals surface area contributed by atoms with Crippen LogP contribution in [0.2, 0.25) is 0 Å². The van der Waals surface area contributed by atoms with E-state index in [1.165, 1.54) is 11.9 Å². The van der Waals surface area contributed by atoms with Crippen LogP contribution in [-0.2, 0) is 14.4 Å². The Morgan fingerprint density at radius 3 is 2.55 bits per heavy atom. The Bertz CT molecular complexity index is 593. The van der Waals surface area contributed by atoms with Crippen LogP contribution < -0.4 is 5.32 Å². The molecule has 1 aliphatic carbocycles. The summed E-state index contributed by atoms with van der Waals surface area (Å²) in [6.45, 7) is 0.392. The van der Waals surface area contributed by atoms with Gasteiger partial charge in [-0.3, -0.25) is 19.3 Å². The zero-order valence-corrected chi connectivity index (χ0v) is 12.2. The van der Waals surface area contributed by atoms with Gasteiger partial charge in [0.15, 0.2) is 0 Å². The lowest BCUT2D eigenvalue weighted by atomic mass is 9.99. The summed E-state index contributed by atoms with van der Waals surface area (Å²) in [5.41, 5.74) is 1.07. The molecular formula is C14H17N3O5. The number of nitrogens with zero attached hydrogens (tertiary/aromatic N) is 2. The number of nitrogens with one attached hydrogen (secondary N) is 1. The SMILES string of the molecule is CN1CCN(C(=O)NC2=C(CC(=O)O)CC=CC2)C(=O)C1=O. The standard InChI is InChI=1S/C14H17N3O5/c1-16-6-7-17(13(21)12(16)20)14(22)15-10-5-3-2-4-9(10)8-11(18)19/h2-3H,4-8H2,1H3,(H,15,22)(H,18,19). The zero-order chi connectivity index (χ0) is 16.3. The smallest absolute Gasteiger partial charge is 0.328 e. The molecule has 2 N–H and O–H groups in total. The number of carboxylic acid groups (broad SMARTS) is 1. The van der Waals surface area contributed by atoms with Gasteiger partial charge in [-0.05, 0) is 12.0 Å². The van der Waals surface area contributed by atoms with Crippen LogP contribution in [0.25, 0.3) is 0 Å². The third-order valence-electron chi connectivity index (χ3n) is 3.58. The summed E-state index contributed by atoms with van der Waals surface area (Å²) in [5.74, 6) is -2.59. The van der Waals surface area contributed by atoms with E-state index < -0.39 is 23.8 Å². The third-order valence-corrected chi connectivity index (χ3v) is 3.58. The van der Waals surface area contributed by atoms with Crippen LogP contribution in [0.5, 0.6) is 0 Å². The molecule has 4 amide bonds. The van der Waals surface area contributed by atoms with Crippen molar-refractivity contribution in [1.29, 1.82) is 0 Å². The number of rotatable bonds is 3. The molecule has 118 valence electrons. The first-order valence-corrected chi connectivity index (χ1v) is 6.85. The quantitative estimate of drug-likeness (QED) is 0.567. The van der Waals surface area contributed by atoms with Gasteiger partial charge >= 0.3 is 23.8 Å². The minimum atomic E-state index is -0.983. The second-order valence-electron chi connectivity index (χ2n) is 5.15. The summed E-state index contributed by atoms with van der Waals surface area (Å²) in [5, 5.41) is 11.5. The Morgan fingerprint density at radius 2 is 1.86 bits per heavy atom. The Labute approximate surface area is 127 Å². The molecule has 1 aliphatic heterocycles. The van der Waals surface area contributed by atoms with Gasteiger partial charge in [0.25, 0.3) is 0 Å². The second kappa shape index (κ2) is 6.42. The highest BCUT2D eigenvalue weighted by molar-refractivity contribution is 6.38. The average Bonchev–Trinajstić information content (AvgIpc) is 2.46. The van der Waals surface area contributed by atoms with Crippen LogP contribution in [0.3, 0.4) is 0 Å². The van der Waals surface area contributed by atoms with Crippen LogP contribution in [0, 0.1) is 0 Å².